The van der Waals surface area contributed by atoms with Gasteiger partial charge in [-0.15, -0.1) is 0 Å². The van der Waals surface area contributed by atoms with Crippen LogP contribution in [0.25, 0.3) is 11.1 Å². The first kappa shape index (κ1) is 22.0. The Morgan fingerprint density at radius 3 is 2.62 bits per heavy atom. The molecule has 166 valence electrons. The Kier molecular flexibility index (Phi) is 6.86. The largest absolute Gasteiger partial charge is 0.340 e. The van der Waals surface area contributed by atoms with Crippen LogP contribution in [-0.4, -0.2) is 48.3 Å². The molecule has 0 spiro atoms. The monoisotopic (exact) mass is 429 g/mol. The topological polar surface area (TPSA) is 66.6 Å². The molecule has 0 radical (unpaired) electrons. The summed E-state index contributed by atoms with van der Waals surface area (Å²) in [4.78, 5) is 28.4. The second kappa shape index (κ2) is 9.96. The molecular weight excluding hydrogens is 398 g/mol. The van der Waals surface area contributed by atoms with Crippen LogP contribution in [0.2, 0.25) is 0 Å². The SMILES string of the molecule is CN(Cc1cccc(-c2ccc(C(=O)N3CCC(C4=CCCC=C4)C3)cc2)c1)C(=O)CN. The first-order chi connectivity index (χ1) is 15.5. The van der Waals surface area contributed by atoms with Crippen molar-refractivity contribution in [2.24, 2.45) is 11.7 Å². The van der Waals surface area contributed by atoms with Crippen LogP contribution in [0.5, 0.6) is 0 Å². The van der Waals surface area contributed by atoms with Crippen molar-refractivity contribution in [2.75, 3.05) is 26.7 Å². The number of likely N-dealkylation sites (N-methyl/N-ethyl adjacent to an activating group) is 1. The summed E-state index contributed by atoms with van der Waals surface area (Å²) in [5.74, 6) is 0.482. The molecule has 2 aromatic carbocycles. The molecule has 1 aliphatic heterocycles. The van der Waals surface area contributed by atoms with E-state index in [4.69, 9.17) is 5.73 Å². The minimum Gasteiger partial charge on any atom is -0.340 e. The van der Waals surface area contributed by atoms with E-state index in [2.05, 4.69) is 24.3 Å². The fourth-order valence-corrected chi connectivity index (χ4v) is 4.51. The summed E-state index contributed by atoms with van der Waals surface area (Å²) >= 11 is 0. The lowest BCUT2D eigenvalue weighted by Gasteiger charge is -2.18. The summed E-state index contributed by atoms with van der Waals surface area (Å²) in [6.07, 6.45) is 10.1. The van der Waals surface area contributed by atoms with Crippen LogP contribution in [-0.2, 0) is 11.3 Å². The predicted molar refractivity (Wildman–Crippen MR) is 128 cm³/mol. The second-order valence-corrected chi connectivity index (χ2v) is 8.65. The number of carbonyl (C=O) groups is 2. The first-order valence-corrected chi connectivity index (χ1v) is 11.3. The average molecular weight is 430 g/mol. The van der Waals surface area contributed by atoms with Gasteiger partial charge in [0, 0.05) is 38.2 Å². The molecule has 0 saturated carbocycles. The molecule has 5 nitrogen and oxygen atoms in total. The molecule has 2 N–H and O–H groups in total. The zero-order valence-electron chi connectivity index (χ0n) is 18.7. The third kappa shape index (κ3) is 5.00. The van der Waals surface area contributed by atoms with E-state index in [9.17, 15) is 9.59 Å². The zero-order valence-corrected chi connectivity index (χ0v) is 18.7. The molecule has 0 aromatic heterocycles. The number of rotatable bonds is 6. The van der Waals surface area contributed by atoms with Crippen LogP contribution >= 0.6 is 0 Å². The lowest BCUT2D eigenvalue weighted by Crippen LogP contribution is -2.32. The van der Waals surface area contributed by atoms with E-state index >= 15 is 0 Å². The number of allylic oxidation sites excluding steroid dienone is 3. The Morgan fingerprint density at radius 1 is 1.09 bits per heavy atom. The van der Waals surface area contributed by atoms with E-state index in [1.807, 2.05) is 47.4 Å². The molecule has 1 heterocycles. The maximum atomic E-state index is 13.0. The van der Waals surface area contributed by atoms with E-state index in [-0.39, 0.29) is 18.4 Å². The summed E-state index contributed by atoms with van der Waals surface area (Å²) in [5, 5.41) is 0. The average Bonchev–Trinajstić information content (AvgIpc) is 3.34. The molecule has 1 atom stereocenters. The number of hydrogen-bond donors (Lipinski definition) is 1. The van der Waals surface area contributed by atoms with Crippen molar-refractivity contribution >= 4 is 11.8 Å². The third-order valence-electron chi connectivity index (χ3n) is 6.38. The molecule has 2 aliphatic rings. The Bertz CT molecular complexity index is 1040. The minimum absolute atomic E-state index is 0.0117. The van der Waals surface area contributed by atoms with E-state index in [0.717, 1.165) is 54.6 Å². The van der Waals surface area contributed by atoms with Crippen LogP contribution in [0.3, 0.4) is 0 Å². The van der Waals surface area contributed by atoms with Gasteiger partial charge in [-0.2, -0.15) is 0 Å². The number of likely N-dealkylation sites (tertiary alicyclic amines) is 1. The number of amides is 2. The van der Waals surface area contributed by atoms with Crippen LogP contribution < -0.4 is 5.73 Å². The Morgan fingerprint density at radius 2 is 1.91 bits per heavy atom. The van der Waals surface area contributed by atoms with Gasteiger partial charge in [-0.3, -0.25) is 9.59 Å². The predicted octanol–water partition coefficient (Wildman–Crippen LogP) is 4.01. The van der Waals surface area contributed by atoms with Gasteiger partial charge in [0.1, 0.15) is 0 Å². The number of benzene rings is 2. The number of carbonyl (C=O) groups excluding carboxylic acids is 2. The number of nitrogens with zero attached hydrogens (tertiary/aromatic N) is 2. The molecule has 1 unspecified atom stereocenters. The zero-order chi connectivity index (χ0) is 22.5. The summed E-state index contributed by atoms with van der Waals surface area (Å²) < 4.78 is 0. The fourth-order valence-electron chi connectivity index (χ4n) is 4.51. The van der Waals surface area contributed by atoms with E-state index in [0.29, 0.717) is 12.5 Å². The normalized spacial score (nSPS) is 17.9. The van der Waals surface area contributed by atoms with Crippen LogP contribution in [0.15, 0.2) is 72.3 Å². The van der Waals surface area contributed by atoms with Gasteiger partial charge in [0.05, 0.1) is 6.54 Å². The Labute approximate surface area is 190 Å². The number of nitrogens with two attached hydrogens (primary N) is 1. The van der Waals surface area contributed by atoms with Crippen LogP contribution in [0.1, 0.15) is 35.2 Å². The molecular formula is C27H31N3O2. The van der Waals surface area contributed by atoms with Crippen LogP contribution in [0.4, 0.5) is 0 Å². The molecule has 1 fully saturated rings. The van der Waals surface area contributed by atoms with Gasteiger partial charge in [0.15, 0.2) is 0 Å². The Balaban J connectivity index is 1.41. The maximum absolute atomic E-state index is 13.0. The second-order valence-electron chi connectivity index (χ2n) is 8.65. The Hall–Kier alpha value is -3.18. The van der Waals surface area contributed by atoms with Crippen molar-refractivity contribution in [3.05, 3.63) is 83.5 Å². The lowest BCUT2D eigenvalue weighted by molar-refractivity contribution is -0.128. The molecule has 2 amide bonds. The van der Waals surface area contributed by atoms with Gasteiger partial charge < -0.3 is 15.5 Å². The highest BCUT2D eigenvalue weighted by molar-refractivity contribution is 5.95. The smallest absolute Gasteiger partial charge is 0.253 e. The standard InChI is InChI=1S/C27H31N3O2/c1-29(26(31)17-28)18-20-6-5-9-24(16-20)22-10-12-23(13-11-22)27(32)30-15-14-25(19-30)21-7-3-2-4-8-21/h3,5-13,16,25H,2,4,14-15,17-19,28H2,1H3. The lowest BCUT2D eigenvalue weighted by atomic mass is 9.93. The summed E-state index contributed by atoms with van der Waals surface area (Å²) in [6.45, 7) is 2.14. The minimum atomic E-state index is -0.0850. The molecule has 5 heteroatoms. The third-order valence-corrected chi connectivity index (χ3v) is 6.38. The summed E-state index contributed by atoms with van der Waals surface area (Å²) in [7, 11) is 1.76. The van der Waals surface area contributed by atoms with Gasteiger partial charge in [0.2, 0.25) is 5.91 Å². The maximum Gasteiger partial charge on any atom is 0.253 e. The van der Waals surface area contributed by atoms with E-state index in [1.54, 1.807) is 11.9 Å². The molecule has 32 heavy (non-hydrogen) atoms. The van der Waals surface area contributed by atoms with Crippen molar-refractivity contribution in [2.45, 2.75) is 25.8 Å². The van der Waals surface area contributed by atoms with Crippen molar-refractivity contribution in [1.29, 1.82) is 0 Å². The summed E-state index contributed by atoms with van der Waals surface area (Å²) in [6, 6.07) is 16.0. The van der Waals surface area contributed by atoms with Crippen LogP contribution in [0, 0.1) is 5.92 Å². The summed E-state index contributed by atoms with van der Waals surface area (Å²) in [5.41, 5.74) is 10.7. The molecule has 0 bridgehead atoms. The van der Waals surface area contributed by atoms with E-state index < -0.39 is 0 Å². The number of hydrogen-bond acceptors (Lipinski definition) is 3. The molecule has 2 aromatic rings. The van der Waals surface area contributed by atoms with Crippen molar-refractivity contribution < 1.29 is 9.59 Å². The molecule has 1 saturated heterocycles. The molecule has 1 aliphatic carbocycles. The van der Waals surface area contributed by atoms with Gasteiger partial charge in [-0.05, 0) is 59.7 Å². The molecule has 4 rings (SSSR count). The fraction of sp³-hybridized carbons (Fsp3) is 0.333. The van der Waals surface area contributed by atoms with Crippen molar-refractivity contribution in [3.8, 4) is 11.1 Å². The highest BCUT2D eigenvalue weighted by Crippen LogP contribution is 2.29. The van der Waals surface area contributed by atoms with Crippen molar-refractivity contribution in [3.63, 3.8) is 0 Å². The van der Waals surface area contributed by atoms with E-state index in [1.165, 1.54) is 5.57 Å². The highest BCUT2D eigenvalue weighted by Gasteiger charge is 2.28. The van der Waals surface area contributed by atoms with Gasteiger partial charge in [-0.1, -0.05) is 48.6 Å². The quantitative estimate of drug-likeness (QED) is 0.755. The van der Waals surface area contributed by atoms with Gasteiger partial charge in [-0.25, -0.2) is 0 Å². The van der Waals surface area contributed by atoms with Crippen molar-refractivity contribution in [1.82, 2.24) is 9.80 Å². The highest BCUT2D eigenvalue weighted by atomic mass is 16.2. The first-order valence-electron chi connectivity index (χ1n) is 11.3. The van der Waals surface area contributed by atoms with Gasteiger partial charge in [0.25, 0.3) is 5.91 Å². The van der Waals surface area contributed by atoms with Gasteiger partial charge >= 0.3 is 0 Å².